The van der Waals surface area contributed by atoms with E-state index in [0.29, 0.717) is 16.7 Å². The van der Waals surface area contributed by atoms with E-state index in [1.807, 2.05) is 36.1 Å². The summed E-state index contributed by atoms with van der Waals surface area (Å²) in [5.41, 5.74) is 1.75. The van der Waals surface area contributed by atoms with Gasteiger partial charge in [-0.15, -0.1) is 10.2 Å². The fourth-order valence-electron chi connectivity index (χ4n) is 3.75. The SMILES string of the molecule is CC1Cc2ccccc2N1C(=O)CSc1nnc(CNc2cccc(C(F)(F)F)c2)n1C. The van der Waals surface area contributed by atoms with E-state index < -0.39 is 11.7 Å². The molecule has 0 saturated heterocycles. The number of thioether (sulfide) groups is 1. The van der Waals surface area contributed by atoms with Crippen LogP contribution in [0.5, 0.6) is 0 Å². The van der Waals surface area contributed by atoms with Gasteiger partial charge in [0.05, 0.1) is 17.9 Å². The molecule has 1 unspecified atom stereocenters. The van der Waals surface area contributed by atoms with Crippen LogP contribution in [0.2, 0.25) is 0 Å². The first kappa shape index (κ1) is 22.2. The van der Waals surface area contributed by atoms with E-state index in [2.05, 4.69) is 15.5 Å². The summed E-state index contributed by atoms with van der Waals surface area (Å²) < 4.78 is 40.4. The molecule has 1 aliphatic heterocycles. The van der Waals surface area contributed by atoms with Crippen LogP contribution >= 0.6 is 11.8 Å². The van der Waals surface area contributed by atoms with Crippen LogP contribution in [0, 0.1) is 0 Å². The monoisotopic (exact) mass is 461 g/mol. The number of para-hydroxylation sites is 1. The van der Waals surface area contributed by atoms with Gasteiger partial charge in [-0.05, 0) is 43.2 Å². The largest absolute Gasteiger partial charge is 0.416 e. The van der Waals surface area contributed by atoms with Crippen molar-refractivity contribution in [3.63, 3.8) is 0 Å². The maximum atomic E-state index is 12.9. The Balaban J connectivity index is 1.37. The Bertz CT molecular complexity index is 1130. The number of halogens is 3. The molecule has 0 radical (unpaired) electrons. The van der Waals surface area contributed by atoms with Gasteiger partial charge in [-0.2, -0.15) is 13.2 Å². The van der Waals surface area contributed by atoms with Crippen LogP contribution in [-0.2, 0) is 31.0 Å². The van der Waals surface area contributed by atoms with Crippen molar-refractivity contribution < 1.29 is 18.0 Å². The second kappa shape index (κ2) is 8.85. The van der Waals surface area contributed by atoms with Gasteiger partial charge >= 0.3 is 6.18 Å². The van der Waals surface area contributed by atoms with Gasteiger partial charge in [0.25, 0.3) is 0 Å². The highest BCUT2D eigenvalue weighted by molar-refractivity contribution is 7.99. The Kier molecular flexibility index (Phi) is 6.14. The molecular weight excluding hydrogens is 439 g/mol. The molecule has 32 heavy (non-hydrogen) atoms. The fourth-order valence-corrected chi connectivity index (χ4v) is 4.54. The van der Waals surface area contributed by atoms with Crippen molar-refractivity contribution in [1.29, 1.82) is 0 Å². The summed E-state index contributed by atoms with van der Waals surface area (Å²) in [5.74, 6) is 0.766. The minimum Gasteiger partial charge on any atom is -0.378 e. The van der Waals surface area contributed by atoms with Crippen molar-refractivity contribution in [2.75, 3.05) is 16.0 Å². The minimum atomic E-state index is -4.40. The van der Waals surface area contributed by atoms with Crippen molar-refractivity contribution >= 4 is 29.0 Å². The van der Waals surface area contributed by atoms with E-state index in [-0.39, 0.29) is 24.2 Å². The molecule has 4 rings (SSSR count). The number of benzene rings is 2. The number of hydrogen-bond acceptors (Lipinski definition) is 5. The van der Waals surface area contributed by atoms with Crippen LogP contribution in [-0.4, -0.2) is 32.5 Å². The quantitative estimate of drug-likeness (QED) is 0.547. The summed E-state index contributed by atoms with van der Waals surface area (Å²) in [6.07, 6.45) is -3.56. The molecule has 1 aromatic heterocycles. The number of anilines is 2. The molecule has 0 saturated carbocycles. The summed E-state index contributed by atoms with van der Waals surface area (Å²) in [5, 5.41) is 11.8. The average Bonchev–Trinajstić information content (AvgIpc) is 3.28. The lowest BCUT2D eigenvalue weighted by atomic mass is 10.1. The van der Waals surface area contributed by atoms with Crippen molar-refractivity contribution in [2.45, 2.75) is 37.3 Å². The van der Waals surface area contributed by atoms with Gasteiger partial charge in [0.15, 0.2) is 11.0 Å². The predicted molar refractivity (Wildman–Crippen MR) is 118 cm³/mol. The summed E-state index contributed by atoms with van der Waals surface area (Å²) in [6, 6.07) is 13.0. The number of aromatic nitrogens is 3. The Hall–Kier alpha value is -3.01. The van der Waals surface area contributed by atoms with E-state index >= 15 is 0 Å². The van der Waals surface area contributed by atoms with E-state index in [4.69, 9.17) is 0 Å². The lowest BCUT2D eigenvalue weighted by Crippen LogP contribution is -2.37. The molecule has 1 amide bonds. The maximum Gasteiger partial charge on any atom is 0.416 e. The van der Waals surface area contributed by atoms with Gasteiger partial charge in [-0.25, -0.2) is 0 Å². The molecule has 0 spiro atoms. The summed E-state index contributed by atoms with van der Waals surface area (Å²) >= 11 is 1.29. The van der Waals surface area contributed by atoms with Crippen LogP contribution in [0.3, 0.4) is 0 Å². The van der Waals surface area contributed by atoms with Crippen LogP contribution in [0.25, 0.3) is 0 Å². The van der Waals surface area contributed by atoms with Gasteiger partial charge in [-0.3, -0.25) is 4.79 Å². The fraction of sp³-hybridized carbons (Fsp3) is 0.318. The molecule has 2 heterocycles. The molecule has 1 atom stereocenters. The topological polar surface area (TPSA) is 63.1 Å². The molecule has 1 aliphatic rings. The number of alkyl halides is 3. The number of carbonyl (C=O) groups is 1. The number of rotatable bonds is 6. The molecule has 168 valence electrons. The third-order valence-corrected chi connectivity index (χ3v) is 6.37. The zero-order chi connectivity index (χ0) is 22.9. The third kappa shape index (κ3) is 4.59. The number of fused-ring (bicyclic) bond motifs is 1. The number of nitrogens with zero attached hydrogens (tertiary/aromatic N) is 4. The van der Waals surface area contributed by atoms with Crippen molar-refractivity contribution in [1.82, 2.24) is 14.8 Å². The van der Waals surface area contributed by atoms with E-state index in [9.17, 15) is 18.0 Å². The molecule has 6 nitrogen and oxygen atoms in total. The first-order chi connectivity index (χ1) is 15.2. The van der Waals surface area contributed by atoms with Crippen LogP contribution in [0.15, 0.2) is 53.7 Å². The minimum absolute atomic E-state index is 0.000842. The highest BCUT2D eigenvalue weighted by Crippen LogP contribution is 2.33. The van der Waals surface area contributed by atoms with Gasteiger partial charge < -0.3 is 14.8 Å². The number of amides is 1. The summed E-state index contributed by atoms with van der Waals surface area (Å²) in [6.45, 7) is 2.23. The van der Waals surface area contributed by atoms with E-state index in [1.165, 1.54) is 23.4 Å². The van der Waals surface area contributed by atoms with Crippen molar-refractivity contribution in [2.24, 2.45) is 7.05 Å². The van der Waals surface area contributed by atoms with Gasteiger partial charge in [0.1, 0.15) is 0 Å². The zero-order valence-electron chi connectivity index (χ0n) is 17.6. The third-order valence-electron chi connectivity index (χ3n) is 5.37. The molecule has 0 fully saturated rings. The second-order valence-corrected chi connectivity index (χ2v) is 8.57. The van der Waals surface area contributed by atoms with Crippen molar-refractivity contribution in [3.8, 4) is 0 Å². The zero-order valence-corrected chi connectivity index (χ0v) is 18.4. The maximum absolute atomic E-state index is 12.9. The lowest BCUT2D eigenvalue weighted by Gasteiger charge is -2.22. The summed E-state index contributed by atoms with van der Waals surface area (Å²) in [7, 11) is 1.77. The predicted octanol–water partition coefficient (Wildman–Crippen LogP) is 4.52. The lowest BCUT2D eigenvalue weighted by molar-refractivity contribution is -0.137. The molecule has 0 bridgehead atoms. The number of hydrogen-bond donors (Lipinski definition) is 1. The van der Waals surface area contributed by atoms with Gasteiger partial charge in [0, 0.05) is 24.5 Å². The highest BCUT2D eigenvalue weighted by atomic mass is 32.2. The number of nitrogens with one attached hydrogen (secondary N) is 1. The van der Waals surface area contributed by atoms with Crippen LogP contribution < -0.4 is 10.2 Å². The standard InChI is InChI=1S/C22H22F3N5OS/c1-14-10-15-6-3-4-9-18(15)30(14)20(31)13-32-21-28-27-19(29(21)2)12-26-17-8-5-7-16(11-17)22(23,24)25/h3-9,11,14,26H,10,12-13H2,1-2H3. The Morgan fingerprint density at radius 1 is 1.19 bits per heavy atom. The first-order valence-electron chi connectivity index (χ1n) is 10.1. The second-order valence-electron chi connectivity index (χ2n) is 7.62. The van der Waals surface area contributed by atoms with Gasteiger partial charge in [-0.1, -0.05) is 36.0 Å². The van der Waals surface area contributed by atoms with Crippen LogP contribution in [0.1, 0.15) is 23.9 Å². The normalized spacial score (nSPS) is 15.7. The Labute approximate surface area is 187 Å². The molecular formula is C22H22F3N5OS. The molecule has 10 heteroatoms. The van der Waals surface area contributed by atoms with Gasteiger partial charge in [0.2, 0.25) is 5.91 Å². The molecule has 1 N–H and O–H groups in total. The van der Waals surface area contributed by atoms with E-state index in [0.717, 1.165) is 24.2 Å². The Morgan fingerprint density at radius 2 is 1.97 bits per heavy atom. The molecule has 3 aromatic rings. The first-order valence-corrected chi connectivity index (χ1v) is 11.0. The Morgan fingerprint density at radius 3 is 2.75 bits per heavy atom. The number of carbonyl (C=O) groups excluding carboxylic acids is 1. The molecule has 0 aliphatic carbocycles. The smallest absolute Gasteiger partial charge is 0.378 e. The average molecular weight is 462 g/mol. The highest BCUT2D eigenvalue weighted by Gasteiger charge is 2.31. The van der Waals surface area contributed by atoms with E-state index in [1.54, 1.807) is 17.7 Å². The molecule has 2 aromatic carbocycles. The van der Waals surface area contributed by atoms with Crippen LogP contribution in [0.4, 0.5) is 24.5 Å². The summed E-state index contributed by atoms with van der Waals surface area (Å²) in [4.78, 5) is 14.7. The van der Waals surface area contributed by atoms with Crippen molar-refractivity contribution in [3.05, 3.63) is 65.5 Å².